The molecule has 0 fully saturated rings. The predicted octanol–water partition coefficient (Wildman–Crippen LogP) is 4.22. The van der Waals surface area contributed by atoms with Crippen LogP contribution in [0.1, 0.15) is 16.7 Å². The standard InChI is InChI=1S/C23H21ClN4O5S2/c1-14-4-5-15(2)20(10-14)33-9-8-32-19-7-6-16(12-18(19)24)11-17(13-25)21(29)26-22-27-23(28-34-22)35(3,30)31/h4-7,10-12H,8-9H2,1-3H3,(H,26,27,28,29). The van der Waals surface area contributed by atoms with Crippen LogP contribution in [0.3, 0.4) is 0 Å². The van der Waals surface area contributed by atoms with Crippen LogP contribution in [0.4, 0.5) is 5.13 Å². The van der Waals surface area contributed by atoms with Gasteiger partial charge >= 0.3 is 0 Å². The van der Waals surface area contributed by atoms with Crippen LogP contribution in [-0.2, 0) is 14.6 Å². The van der Waals surface area contributed by atoms with E-state index < -0.39 is 20.9 Å². The Bertz CT molecular complexity index is 1430. The van der Waals surface area contributed by atoms with E-state index in [2.05, 4.69) is 14.7 Å². The molecule has 3 aromatic rings. The number of nitrogens with one attached hydrogen (secondary N) is 1. The molecule has 1 amide bonds. The number of carbonyl (C=O) groups excluding carboxylic acids is 1. The Kier molecular flexibility index (Phi) is 8.45. The minimum atomic E-state index is -3.60. The number of nitriles is 1. The lowest BCUT2D eigenvalue weighted by Gasteiger charge is -2.12. The second kappa shape index (κ2) is 11.3. The number of rotatable bonds is 9. The van der Waals surface area contributed by atoms with Gasteiger partial charge in [-0.15, -0.1) is 0 Å². The van der Waals surface area contributed by atoms with Crippen molar-refractivity contribution in [3.05, 3.63) is 63.7 Å². The first kappa shape index (κ1) is 26.2. The Balaban J connectivity index is 1.61. The zero-order chi connectivity index (χ0) is 25.6. The van der Waals surface area contributed by atoms with Crippen molar-refractivity contribution in [2.75, 3.05) is 24.8 Å². The highest BCUT2D eigenvalue weighted by Crippen LogP contribution is 2.27. The Hall–Kier alpha value is -3.46. The van der Waals surface area contributed by atoms with E-state index in [1.54, 1.807) is 24.3 Å². The van der Waals surface area contributed by atoms with Crippen LogP contribution in [0.2, 0.25) is 5.02 Å². The molecule has 0 unspecified atom stereocenters. The van der Waals surface area contributed by atoms with Gasteiger partial charge in [-0.05, 0) is 54.8 Å². The highest BCUT2D eigenvalue weighted by Gasteiger charge is 2.17. The Morgan fingerprint density at radius 1 is 1.17 bits per heavy atom. The molecule has 1 heterocycles. The Labute approximate surface area is 212 Å². The fourth-order valence-electron chi connectivity index (χ4n) is 2.78. The summed E-state index contributed by atoms with van der Waals surface area (Å²) in [5.41, 5.74) is 2.40. The molecular formula is C23H21ClN4O5S2. The van der Waals surface area contributed by atoms with E-state index in [0.29, 0.717) is 34.5 Å². The van der Waals surface area contributed by atoms with Gasteiger partial charge in [-0.25, -0.2) is 8.42 Å². The summed E-state index contributed by atoms with van der Waals surface area (Å²) in [7, 11) is -3.60. The molecule has 0 saturated heterocycles. The highest BCUT2D eigenvalue weighted by molar-refractivity contribution is 7.90. The number of aromatic nitrogens is 2. The molecule has 35 heavy (non-hydrogen) atoms. The summed E-state index contributed by atoms with van der Waals surface area (Å²) >= 11 is 7.00. The SMILES string of the molecule is Cc1ccc(C)c(OCCOc2ccc(C=C(C#N)C(=O)Nc3nc(S(C)(=O)=O)ns3)cc2Cl)c1. The predicted molar refractivity (Wildman–Crippen MR) is 134 cm³/mol. The summed E-state index contributed by atoms with van der Waals surface area (Å²) in [5.74, 6) is 0.464. The third-order valence-electron chi connectivity index (χ3n) is 4.53. The second-order valence-corrected chi connectivity index (χ2v) is 10.5. The fourth-order valence-corrected chi connectivity index (χ4v) is 4.46. The lowest BCUT2D eigenvalue weighted by Crippen LogP contribution is -2.13. The largest absolute Gasteiger partial charge is 0.490 e. The van der Waals surface area contributed by atoms with Crippen molar-refractivity contribution in [2.45, 2.75) is 19.0 Å². The van der Waals surface area contributed by atoms with Crippen LogP contribution >= 0.6 is 23.1 Å². The van der Waals surface area contributed by atoms with Crippen molar-refractivity contribution < 1.29 is 22.7 Å². The van der Waals surface area contributed by atoms with Gasteiger partial charge in [0.15, 0.2) is 0 Å². The average molecular weight is 533 g/mol. The number of hydrogen-bond acceptors (Lipinski definition) is 9. The minimum absolute atomic E-state index is 0.0403. The lowest BCUT2D eigenvalue weighted by molar-refractivity contribution is -0.112. The first-order valence-corrected chi connectivity index (χ1v) is 13.2. The summed E-state index contributed by atoms with van der Waals surface area (Å²) in [6.07, 6.45) is 2.30. The van der Waals surface area contributed by atoms with Crippen LogP contribution in [0, 0.1) is 25.2 Å². The number of aryl methyl sites for hydroxylation is 2. The summed E-state index contributed by atoms with van der Waals surface area (Å²) in [5, 5.41) is 11.6. The van der Waals surface area contributed by atoms with E-state index in [9.17, 15) is 18.5 Å². The molecule has 0 radical (unpaired) electrons. The van der Waals surface area contributed by atoms with E-state index in [4.69, 9.17) is 21.1 Å². The second-order valence-electron chi connectivity index (χ2n) is 7.43. The number of ether oxygens (including phenoxy) is 2. The van der Waals surface area contributed by atoms with Crippen molar-refractivity contribution in [1.82, 2.24) is 9.36 Å². The normalized spacial score (nSPS) is 11.6. The molecule has 1 N–H and O–H groups in total. The molecular weight excluding hydrogens is 512 g/mol. The molecule has 12 heteroatoms. The van der Waals surface area contributed by atoms with Crippen LogP contribution < -0.4 is 14.8 Å². The molecule has 3 rings (SSSR count). The monoisotopic (exact) mass is 532 g/mol. The third-order valence-corrected chi connectivity index (χ3v) is 6.42. The molecule has 1 aromatic heterocycles. The number of nitrogens with zero attached hydrogens (tertiary/aromatic N) is 3. The van der Waals surface area contributed by atoms with Crippen LogP contribution in [0.5, 0.6) is 11.5 Å². The summed E-state index contributed by atoms with van der Waals surface area (Å²) < 4.78 is 38.1. The number of carbonyl (C=O) groups is 1. The number of anilines is 1. The molecule has 0 saturated carbocycles. The molecule has 0 aliphatic carbocycles. The van der Waals surface area contributed by atoms with Crippen LogP contribution in [0.25, 0.3) is 6.08 Å². The summed E-state index contributed by atoms with van der Waals surface area (Å²) in [6.45, 7) is 4.55. The van der Waals surface area contributed by atoms with E-state index in [1.807, 2.05) is 32.0 Å². The Morgan fingerprint density at radius 2 is 1.89 bits per heavy atom. The van der Waals surface area contributed by atoms with Gasteiger partial charge in [-0.3, -0.25) is 10.1 Å². The quantitative estimate of drug-likeness (QED) is 0.246. The number of benzene rings is 2. The van der Waals surface area contributed by atoms with Gasteiger partial charge in [0.2, 0.25) is 15.0 Å². The van der Waals surface area contributed by atoms with Crippen molar-refractivity contribution in [3.8, 4) is 17.6 Å². The highest BCUT2D eigenvalue weighted by atomic mass is 35.5. The Morgan fingerprint density at radius 3 is 2.51 bits per heavy atom. The van der Waals surface area contributed by atoms with Gasteiger partial charge in [-0.1, -0.05) is 29.8 Å². The summed E-state index contributed by atoms with van der Waals surface area (Å²) in [4.78, 5) is 16.1. The topological polar surface area (TPSA) is 131 Å². The number of halogens is 1. The molecule has 0 spiro atoms. The maximum atomic E-state index is 12.4. The van der Waals surface area contributed by atoms with Crippen molar-refractivity contribution in [1.29, 1.82) is 5.26 Å². The molecule has 9 nitrogen and oxygen atoms in total. The van der Waals surface area contributed by atoms with E-state index in [-0.39, 0.29) is 17.3 Å². The maximum absolute atomic E-state index is 12.4. The van der Waals surface area contributed by atoms with Gasteiger partial charge in [0.25, 0.3) is 11.1 Å². The average Bonchev–Trinajstić information content (AvgIpc) is 3.27. The van der Waals surface area contributed by atoms with Gasteiger partial charge in [0.05, 0.1) is 5.02 Å². The van der Waals surface area contributed by atoms with Crippen LogP contribution in [0.15, 0.2) is 47.1 Å². The van der Waals surface area contributed by atoms with E-state index in [0.717, 1.165) is 23.1 Å². The van der Waals surface area contributed by atoms with Crippen molar-refractivity contribution in [2.24, 2.45) is 0 Å². The lowest BCUT2D eigenvalue weighted by atomic mass is 10.1. The van der Waals surface area contributed by atoms with Crippen LogP contribution in [-0.4, -0.2) is 43.2 Å². The fraction of sp³-hybridized carbons (Fsp3) is 0.217. The third kappa shape index (κ3) is 7.26. The zero-order valence-electron chi connectivity index (χ0n) is 19.0. The van der Waals surface area contributed by atoms with E-state index in [1.165, 1.54) is 6.08 Å². The van der Waals surface area contributed by atoms with Crippen molar-refractivity contribution >= 4 is 50.1 Å². The molecule has 0 aliphatic heterocycles. The molecule has 2 aromatic carbocycles. The minimum Gasteiger partial charge on any atom is -0.490 e. The smallest absolute Gasteiger partial charge is 0.268 e. The molecule has 0 aliphatic rings. The molecule has 0 atom stereocenters. The van der Waals surface area contributed by atoms with Gasteiger partial charge in [0.1, 0.15) is 36.4 Å². The number of sulfone groups is 1. The number of hydrogen-bond donors (Lipinski definition) is 1. The number of amides is 1. The molecule has 182 valence electrons. The first-order chi connectivity index (χ1) is 16.6. The van der Waals surface area contributed by atoms with Gasteiger partial charge < -0.3 is 9.47 Å². The summed E-state index contributed by atoms with van der Waals surface area (Å²) in [6, 6.07) is 12.6. The van der Waals surface area contributed by atoms with E-state index >= 15 is 0 Å². The van der Waals surface area contributed by atoms with Gasteiger partial charge in [0, 0.05) is 17.8 Å². The van der Waals surface area contributed by atoms with Crippen molar-refractivity contribution in [3.63, 3.8) is 0 Å². The first-order valence-electron chi connectivity index (χ1n) is 10.2. The molecule has 0 bridgehead atoms. The van der Waals surface area contributed by atoms with Gasteiger partial charge in [-0.2, -0.15) is 14.6 Å². The maximum Gasteiger partial charge on any atom is 0.268 e. The zero-order valence-corrected chi connectivity index (χ0v) is 21.4.